The SMILES string of the molecule is O=S(=O)(O)C(c1ccccc1)(c1cc(Cl)c(Cl)c(Cl)c1)c1ccc(O)c(Cl)c1O. The van der Waals surface area contributed by atoms with E-state index >= 15 is 0 Å². The fourth-order valence-corrected chi connectivity index (χ4v) is 5.24. The molecular weight excluding hydrogens is 482 g/mol. The van der Waals surface area contributed by atoms with E-state index in [0.29, 0.717) is 0 Å². The van der Waals surface area contributed by atoms with Gasteiger partial charge in [0.25, 0.3) is 10.1 Å². The van der Waals surface area contributed by atoms with Crippen molar-refractivity contribution in [3.05, 3.63) is 91.4 Å². The van der Waals surface area contributed by atoms with Crippen LogP contribution in [-0.2, 0) is 14.9 Å². The second kappa shape index (κ2) is 7.87. The lowest BCUT2D eigenvalue weighted by molar-refractivity contribution is 0.431. The first-order chi connectivity index (χ1) is 13.5. The van der Waals surface area contributed by atoms with Crippen molar-refractivity contribution >= 4 is 56.5 Å². The summed E-state index contributed by atoms with van der Waals surface area (Å²) in [5.74, 6) is -1.22. The topological polar surface area (TPSA) is 94.8 Å². The molecule has 1 atom stereocenters. The van der Waals surface area contributed by atoms with E-state index in [1.165, 1.54) is 24.3 Å². The fraction of sp³-hybridized carbons (Fsp3) is 0.0526. The molecule has 0 fully saturated rings. The number of phenolic OH excluding ortho intramolecular Hbond substituents is 2. The molecule has 0 saturated carbocycles. The minimum atomic E-state index is -5.04. The lowest BCUT2D eigenvalue weighted by Gasteiger charge is -2.33. The molecule has 29 heavy (non-hydrogen) atoms. The van der Waals surface area contributed by atoms with Gasteiger partial charge in [-0.3, -0.25) is 4.55 Å². The molecule has 10 heteroatoms. The predicted molar refractivity (Wildman–Crippen MR) is 114 cm³/mol. The van der Waals surface area contributed by atoms with Crippen LogP contribution in [0, 0.1) is 0 Å². The molecule has 0 aliphatic carbocycles. The summed E-state index contributed by atoms with van der Waals surface area (Å²) in [6.07, 6.45) is 0. The number of phenols is 2. The third-order valence-electron chi connectivity index (χ3n) is 4.43. The smallest absolute Gasteiger partial charge is 0.283 e. The molecule has 3 aromatic rings. The van der Waals surface area contributed by atoms with E-state index in [1.54, 1.807) is 18.2 Å². The van der Waals surface area contributed by atoms with Gasteiger partial charge in [-0.25, -0.2) is 0 Å². The highest BCUT2D eigenvalue weighted by Gasteiger charge is 2.51. The molecule has 0 bridgehead atoms. The average molecular weight is 494 g/mol. The zero-order valence-electron chi connectivity index (χ0n) is 14.3. The number of hydrogen-bond acceptors (Lipinski definition) is 4. The number of aromatic hydroxyl groups is 2. The largest absolute Gasteiger partial charge is 0.506 e. The summed E-state index contributed by atoms with van der Waals surface area (Å²) in [6.45, 7) is 0. The maximum atomic E-state index is 12.9. The Kier molecular flexibility index (Phi) is 5.98. The second-order valence-corrected chi connectivity index (χ2v) is 9.20. The van der Waals surface area contributed by atoms with Gasteiger partial charge in [-0.15, -0.1) is 0 Å². The summed E-state index contributed by atoms with van der Waals surface area (Å²) in [6, 6.07) is 12.3. The Morgan fingerprint density at radius 2 is 1.31 bits per heavy atom. The number of hydrogen-bond donors (Lipinski definition) is 3. The Labute approximate surface area is 186 Å². The molecule has 0 aliphatic rings. The minimum Gasteiger partial charge on any atom is -0.506 e. The predicted octanol–water partition coefficient (Wildman–Crippen LogP) is 5.89. The van der Waals surface area contributed by atoms with Crippen molar-refractivity contribution in [1.29, 1.82) is 0 Å². The van der Waals surface area contributed by atoms with Gasteiger partial charge in [0.1, 0.15) is 16.5 Å². The Hall–Kier alpha value is -1.67. The van der Waals surface area contributed by atoms with E-state index < -0.39 is 31.4 Å². The van der Waals surface area contributed by atoms with Gasteiger partial charge in [-0.2, -0.15) is 8.42 Å². The standard InChI is InChI=1S/C19H12Cl4O5S/c20-13-8-11(9-14(21)16(13)22)19(29(26,27)28,10-4-2-1-3-5-10)12-6-7-15(24)17(23)18(12)25/h1-9,24-25H,(H,26,27,28). The zero-order chi connectivity index (χ0) is 21.6. The van der Waals surface area contributed by atoms with Crippen LogP contribution in [0.25, 0.3) is 0 Å². The summed E-state index contributed by atoms with van der Waals surface area (Å²) in [5.41, 5.74) is -0.347. The number of halogens is 4. The lowest BCUT2D eigenvalue weighted by Crippen LogP contribution is -2.38. The molecule has 0 aliphatic heterocycles. The molecule has 3 aromatic carbocycles. The van der Waals surface area contributed by atoms with Gasteiger partial charge in [0.15, 0.2) is 4.75 Å². The molecule has 1 unspecified atom stereocenters. The third-order valence-corrected chi connectivity index (χ3v) is 7.47. The highest BCUT2D eigenvalue weighted by atomic mass is 35.5. The van der Waals surface area contributed by atoms with Crippen molar-refractivity contribution in [2.75, 3.05) is 0 Å². The number of rotatable bonds is 4. The van der Waals surface area contributed by atoms with E-state index in [0.717, 1.165) is 12.1 Å². The van der Waals surface area contributed by atoms with E-state index in [9.17, 15) is 23.2 Å². The Balaban J connectivity index is 2.60. The van der Waals surface area contributed by atoms with Crippen LogP contribution < -0.4 is 0 Å². The van der Waals surface area contributed by atoms with Gasteiger partial charge in [-0.1, -0.05) is 76.7 Å². The normalized spacial score (nSPS) is 13.8. The van der Waals surface area contributed by atoms with Crippen molar-refractivity contribution in [2.24, 2.45) is 0 Å². The van der Waals surface area contributed by atoms with E-state index in [1.807, 2.05) is 0 Å². The second-order valence-electron chi connectivity index (χ2n) is 6.07. The molecule has 3 N–H and O–H groups in total. The summed E-state index contributed by atoms with van der Waals surface area (Å²) in [5, 5.41) is 19.8. The highest BCUT2D eigenvalue weighted by Crippen LogP contribution is 2.51. The van der Waals surface area contributed by atoms with Crippen molar-refractivity contribution in [1.82, 2.24) is 0 Å². The van der Waals surface area contributed by atoms with Gasteiger partial charge in [-0.05, 0) is 35.4 Å². The van der Waals surface area contributed by atoms with Gasteiger partial charge in [0.2, 0.25) is 0 Å². The zero-order valence-corrected chi connectivity index (χ0v) is 18.1. The molecule has 152 valence electrons. The van der Waals surface area contributed by atoms with Crippen molar-refractivity contribution in [2.45, 2.75) is 4.75 Å². The molecule has 0 amide bonds. The molecule has 0 spiro atoms. The van der Waals surface area contributed by atoms with E-state index in [-0.39, 0.29) is 31.8 Å². The van der Waals surface area contributed by atoms with Crippen LogP contribution in [0.15, 0.2) is 54.6 Å². The van der Waals surface area contributed by atoms with Gasteiger partial charge < -0.3 is 10.2 Å². The van der Waals surface area contributed by atoms with Gasteiger partial charge in [0.05, 0.1) is 15.1 Å². The molecule has 3 rings (SSSR count). The highest BCUT2D eigenvalue weighted by molar-refractivity contribution is 7.87. The van der Waals surface area contributed by atoms with E-state index in [4.69, 9.17) is 46.4 Å². The Morgan fingerprint density at radius 3 is 1.83 bits per heavy atom. The number of benzene rings is 3. The van der Waals surface area contributed by atoms with Gasteiger partial charge >= 0.3 is 0 Å². The van der Waals surface area contributed by atoms with Crippen LogP contribution in [-0.4, -0.2) is 23.2 Å². The first-order valence-corrected chi connectivity index (χ1v) is 10.9. The van der Waals surface area contributed by atoms with E-state index in [2.05, 4.69) is 0 Å². The maximum Gasteiger partial charge on any atom is 0.283 e. The van der Waals surface area contributed by atoms with Crippen LogP contribution in [0.5, 0.6) is 11.5 Å². The summed E-state index contributed by atoms with van der Waals surface area (Å²) in [4.78, 5) is 0. The summed E-state index contributed by atoms with van der Waals surface area (Å²) < 4.78 is 33.9. The molecular formula is C19H12Cl4O5S. The van der Waals surface area contributed by atoms with Crippen molar-refractivity contribution in [3.63, 3.8) is 0 Å². The molecule has 0 aromatic heterocycles. The Morgan fingerprint density at radius 1 is 0.759 bits per heavy atom. The van der Waals surface area contributed by atoms with Gasteiger partial charge in [0, 0.05) is 5.56 Å². The molecule has 5 nitrogen and oxygen atoms in total. The fourth-order valence-electron chi connectivity index (χ4n) is 3.18. The molecule has 0 heterocycles. The van der Waals surface area contributed by atoms with Crippen LogP contribution in [0.2, 0.25) is 20.1 Å². The summed E-state index contributed by atoms with van der Waals surface area (Å²) in [7, 11) is -5.04. The van der Waals surface area contributed by atoms with Crippen molar-refractivity contribution < 1.29 is 23.2 Å². The van der Waals surface area contributed by atoms with Crippen LogP contribution in [0.4, 0.5) is 0 Å². The first kappa shape index (κ1) is 22.0. The van der Waals surface area contributed by atoms with Crippen LogP contribution in [0.1, 0.15) is 16.7 Å². The quantitative estimate of drug-likeness (QED) is 0.239. The minimum absolute atomic E-state index is 0.0117. The van der Waals surface area contributed by atoms with Crippen molar-refractivity contribution in [3.8, 4) is 11.5 Å². The van der Waals surface area contributed by atoms with Crippen LogP contribution >= 0.6 is 46.4 Å². The maximum absolute atomic E-state index is 12.9. The molecule has 0 radical (unpaired) electrons. The first-order valence-electron chi connectivity index (χ1n) is 7.90. The molecule has 0 saturated heterocycles. The monoisotopic (exact) mass is 492 g/mol. The summed E-state index contributed by atoms with van der Waals surface area (Å²) >= 11 is 24.2. The van der Waals surface area contributed by atoms with Crippen LogP contribution in [0.3, 0.4) is 0 Å². The third kappa shape index (κ3) is 3.54. The average Bonchev–Trinajstić information content (AvgIpc) is 2.66. The lowest BCUT2D eigenvalue weighted by atomic mass is 9.83. The Bertz CT molecular complexity index is 1180.